The van der Waals surface area contributed by atoms with Crippen molar-refractivity contribution >= 4 is 24.0 Å². The van der Waals surface area contributed by atoms with Crippen molar-refractivity contribution in [1.82, 2.24) is 0 Å². The van der Waals surface area contributed by atoms with Crippen LogP contribution in [0.5, 0.6) is 0 Å². The molecule has 1 unspecified atom stereocenters. The van der Waals surface area contributed by atoms with Crippen LogP contribution in [0.25, 0.3) is 0 Å². The number of likely N-dealkylation sites (N-methyl/N-ethyl adjacent to an activating group) is 1. The molecule has 4 rings (SSSR count). The molecule has 3 aromatic carbocycles. The number of hydrogen-bond donors (Lipinski definition) is 1. The molecule has 29 heavy (non-hydrogen) atoms. The molecule has 0 spiro atoms. The van der Waals surface area contributed by atoms with Crippen molar-refractivity contribution in [2.75, 3.05) is 11.9 Å². The van der Waals surface area contributed by atoms with E-state index in [9.17, 15) is 9.28 Å². The van der Waals surface area contributed by atoms with Crippen molar-refractivity contribution in [3.05, 3.63) is 102 Å². The summed E-state index contributed by atoms with van der Waals surface area (Å²) in [7, 11) is -1.03. The lowest BCUT2D eigenvalue weighted by Crippen LogP contribution is -2.23. The van der Waals surface area contributed by atoms with E-state index < -0.39 is 7.28 Å². The topological polar surface area (TPSA) is 35.8 Å². The number of fused-ring (bicyclic) bond motifs is 1. The highest BCUT2D eigenvalue weighted by atomic mass is 31.2. The van der Waals surface area contributed by atoms with E-state index in [0.29, 0.717) is 5.69 Å². The molecule has 1 atom stereocenters. The van der Waals surface area contributed by atoms with Gasteiger partial charge in [0.05, 0.1) is 5.69 Å². The Kier molecular flexibility index (Phi) is 4.94. The van der Waals surface area contributed by atoms with Gasteiger partial charge in [0, 0.05) is 35.0 Å². The minimum atomic E-state index is -3.05. The lowest BCUT2D eigenvalue weighted by Gasteiger charge is -2.27. The maximum Gasteiger partial charge on any atom is 0.140 e. The molecule has 0 saturated carbocycles. The van der Waals surface area contributed by atoms with Crippen LogP contribution in [0.4, 0.5) is 15.8 Å². The zero-order valence-corrected chi connectivity index (χ0v) is 17.6. The number of halogens is 1. The fourth-order valence-corrected chi connectivity index (χ4v) is 6.15. The Hall–Kier alpha value is -2.68. The molecule has 0 radical (unpaired) electrons. The second-order valence-corrected chi connectivity index (χ2v) is 10.1. The molecule has 1 aliphatic heterocycles. The van der Waals surface area contributed by atoms with E-state index in [1.165, 1.54) is 17.7 Å². The van der Waals surface area contributed by atoms with Crippen LogP contribution in [0, 0.1) is 5.82 Å². The van der Waals surface area contributed by atoms with Gasteiger partial charge in [-0.3, -0.25) is 0 Å². The highest BCUT2D eigenvalue weighted by Gasteiger charge is 2.39. The predicted molar refractivity (Wildman–Crippen MR) is 120 cm³/mol. The van der Waals surface area contributed by atoms with Crippen LogP contribution < -0.4 is 10.2 Å². The second kappa shape index (κ2) is 7.29. The van der Waals surface area contributed by atoms with Crippen LogP contribution in [0.2, 0.25) is 0 Å². The SMILES string of the molecule is CN1C(=CP(O)(=Nc2ccc(F)cc2)c2ccccc2)C(C)(C)c2ccccc21. The van der Waals surface area contributed by atoms with Gasteiger partial charge in [0.25, 0.3) is 0 Å². The number of allylic oxidation sites excluding steroid dienone is 1. The molecule has 0 saturated heterocycles. The normalized spacial score (nSPS) is 18.4. The molecular formula is C24H24FN2OP. The fourth-order valence-electron chi connectivity index (χ4n) is 3.89. The molecule has 0 fully saturated rings. The third kappa shape index (κ3) is 3.55. The fraction of sp³-hybridized carbons (Fsp3) is 0.167. The van der Waals surface area contributed by atoms with Gasteiger partial charge < -0.3 is 9.79 Å². The quantitative estimate of drug-likeness (QED) is 0.529. The summed E-state index contributed by atoms with van der Waals surface area (Å²) < 4.78 is 18.1. The standard InChI is InChI=1S/C24H24FN2OP/c1-24(2)21-11-7-8-12-22(21)27(3)23(24)17-29(28,20-9-5-4-6-10-20)26-19-15-13-18(25)14-16-19/h4-17,28H,1-3H3. The molecule has 3 nitrogen and oxygen atoms in total. The van der Waals surface area contributed by atoms with Crippen molar-refractivity contribution < 1.29 is 9.28 Å². The summed E-state index contributed by atoms with van der Waals surface area (Å²) >= 11 is 0. The number of nitrogens with zero attached hydrogens (tertiary/aromatic N) is 2. The Morgan fingerprint density at radius 2 is 1.55 bits per heavy atom. The number of rotatable bonds is 3. The van der Waals surface area contributed by atoms with E-state index >= 15 is 0 Å². The molecular weight excluding hydrogens is 382 g/mol. The van der Waals surface area contributed by atoms with Gasteiger partial charge in [0.15, 0.2) is 0 Å². The molecule has 1 N–H and O–H groups in total. The van der Waals surface area contributed by atoms with Crippen molar-refractivity contribution in [1.29, 1.82) is 0 Å². The van der Waals surface area contributed by atoms with Crippen LogP contribution in [0.3, 0.4) is 0 Å². The summed E-state index contributed by atoms with van der Waals surface area (Å²) in [5.74, 6) is 1.60. The zero-order valence-electron chi connectivity index (χ0n) is 16.7. The summed E-state index contributed by atoms with van der Waals surface area (Å²) in [4.78, 5) is 14.0. The summed E-state index contributed by atoms with van der Waals surface area (Å²) in [6, 6.07) is 23.7. The highest BCUT2D eigenvalue weighted by Crippen LogP contribution is 2.55. The Morgan fingerprint density at radius 3 is 2.21 bits per heavy atom. The summed E-state index contributed by atoms with van der Waals surface area (Å²) in [6.45, 7) is 4.32. The Balaban J connectivity index is 1.93. The van der Waals surface area contributed by atoms with E-state index in [-0.39, 0.29) is 11.2 Å². The number of anilines is 1. The highest BCUT2D eigenvalue weighted by molar-refractivity contribution is 7.71. The lowest BCUT2D eigenvalue weighted by atomic mass is 9.84. The number of hydrogen-bond acceptors (Lipinski definition) is 2. The van der Waals surface area contributed by atoms with Crippen molar-refractivity contribution in [3.63, 3.8) is 0 Å². The van der Waals surface area contributed by atoms with Gasteiger partial charge in [-0.1, -0.05) is 62.4 Å². The maximum absolute atomic E-state index is 13.4. The van der Waals surface area contributed by atoms with Crippen molar-refractivity contribution in [2.24, 2.45) is 4.74 Å². The van der Waals surface area contributed by atoms with Gasteiger partial charge in [0.2, 0.25) is 0 Å². The van der Waals surface area contributed by atoms with Gasteiger partial charge in [-0.2, -0.15) is 0 Å². The van der Waals surface area contributed by atoms with Gasteiger partial charge >= 0.3 is 0 Å². The van der Waals surface area contributed by atoms with Crippen molar-refractivity contribution in [2.45, 2.75) is 19.3 Å². The molecule has 0 amide bonds. The van der Waals surface area contributed by atoms with E-state index in [1.807, 2.05) is 55.3 Å². The van der Waals surface area contributed by atoms with Gasteiger partial charge in [-0.05, 0) is 35.9 Å². The van der Waals surface area contributed by atoms with Crippen LogP contribution >= 0.6 is 7.28 Å². The molecule has 0 aliphatic carbocycles. The number of benzene rings is 3. The van der Waals surface area contributed by atoms with Gasteiger partial charge in [-0.25, -0.2) is 9.14 Å². The minimum Gasteiger partial charge on any atom is -0.353 e. The predicted octanol–water partition coefficient (Wildman–Crippen LogP) is 6.16. The largest absolute Gasteiger partial charge is 0.353 e. The molecule has 148 valence electrons. The Bertz CT molecular complexity index is 1120. The monoisotopic (exact) mass is 406 g/mol. The van der Waals surface area contributed by atoms with Crippen LogP contribution in [0.1, 0.15) is 19.4 Å². The van der Waals surface area contributed by atoms with Crippen molar-refractivity contribution in [3.8, 4) is 0 Å². The molecule has 3 aromatic rings. The average Bonchev–Trinajstić information content (AvgIpc) is 2.91. The van der Waals surface area contributed by atoms with Crippen LogP contribution in [-0.2, 0) is 5.41 Å². The molecule has 0 aromatic heterocycles. The molecule has 1 aliphatic rings. The summed E-state index contributed by atoms with van der Waals surface area (Å²) in [5, 5.41) is 0.761. The maximum atomic E-state index is 13.4. The van der Waals surface area contributed by atoms with Crippen LogP contribution in [-0.4, -0.2) is 11.9 Å². The van der Waals surface area contributed by atoms with Gasteiger partial charge in [0.1, 0.15) is 13.1 Å². The first-order valence-electron chi connectivity index (χ1n) is 9.54. The second-order valence-electron chi connectivity index (χ2n) is 7.78. The van der Waals surface area contributed by atoms with E-state index in [1.54, 1.807) is 12.1 Å². The average molecular weight is 406 g/mol. The summed E-state index contributed by atoms with van der Waals surface area (Å²) in [6.07, 6.45) is 0. The molecule has 0 bridgehead atoms. The van der Waals surface area contributed by atoms with Gasteiger partial charge in [-0.15, -0.1) is 0 Å². The third-order valence-corrected chi connectivity index (χ3v) is 7.67. The first-order chi connectivity index (χ1) is 13.8. The van der Waals surface area contributed by atoms with E-state index in [0.717, 1.165) is 16.7 Å². The van der Waals surface area contributed by atoms with Crippen LogP contribution in [0.15, 0.2) is 95.1 Å². The Morgan fingerprint density at radius 1 is 0.931 bits per heavy atom. The third-order valence-electron chi connectivity index (χ3n) is 5.47. The first kappa shape index (κ1) is 19.6. The smallest absolute Gasteiger partial charge is 0.140 e. The zero-order chi connectivity index (χ0) is 20.6. The first-order valence-corrected chi connectivity index (χ1v) is 11.3. The molecule has 5 heteroatoms. The summed E-state index contributed by atoms with van der Waals surface area (Å²) in [5.41, 5.74) is 3.63. The molecule has 1 heterocycles. The minimum absolute atomic E-state index is 0.271. The Labute approximate surface area is 171 Å². The lowest BCUT2D eigenvalue weighted by molar-refractivity contribution is 0.621. The van der Waals surface area contributed by atoms with E-state index in [4.69, 9.17) is 4.74 Å². The van der Waals surface area contributed by atoms with E-state index in [2.05, 4.69) is 30.9 Å². The number of para-hydroxylation sites is 1.